The van der Waals surface area contributed by atoms with E-state index in [1.807, 2.05) is 61.5 Å². The van der Waals surface area contributed by atoms with Crippen molar-refractivity contribution in [3.63, 3.8) is 0 Å². The van der Waals surface area contributed by atoms with Crippen molar-refractivity contribution >= 4 is 17.5 Å². The van der Waals surface area contributed by atoms with Gasteiger partial charge in [0.2, 0.25) is 0 Å². The molecule has 0 aliphatic rings. The summed E-state index contributed by atoms with van der Waals surface area (Å²) in [5.41, 5.74) is 4.50. The van der Waals surface area contributed by atoms with Crippen molar-refractivity contribution in [2.24, 2.45) is 0 Å². The molecule has 1 aromatic heterocycles. The summed E-state index contributed by atoms with van der Waals surface area (Å²) in [5.74, 6) is 0.751. The highest BCUT2D eigenvalue weighted by molar-refractivity contribution is 6.30. The summed E-state index contributed by atoms with van der Waals surface area (Å²) < 4.78 is 7.38. The van der Waals surface area contributed by atoms with Crippen LogP contribution in [0.25, 0.3) is 16.9 Å². The lowest BCUT2D eigenvalue weighted by atomic mass is 10.1. The fraction of sp³-hybridized carbons (Fsp3) is 0.292. The van der Waals surface area contributed by atoms with E-state index in [0.717, 1.165) is 47.7 Å². The summed E-state index contributed by atoms with van der Waals surface area (Å²) in [5, 5.41) is 3.73. The molecule has 0 aliphatic carbocycles. The summed E-state index contributed by atoms with van der Waals surface area (Å²) in [4.78, 5) is 12.8. The first-order chi connectivity index (χ1) is 14.0. The lowest BCUT2D eigenvalue weighted by molar-refractivity contribution is 0.0952. The van der Waals surface area contributed by atoms with Gasteiger partial charge in [0.15, 0.2) is 0 Å². The minimum atomic E-state index is -0.0407. The molecule has 0 spiro atoms. The van der Waals surface area contributed by atoms with Crippen LogP contribution in [-0.4, -0.2) is 24.1 Å². The van der Waals surface area contributed by atoms with Crippen LogP contribution >= 0.6 is 11.6 Å². The fourth-order valence-electron chi connectivity index (χ4n) is 3.41. The van der Waals surface area contributed by atoms with E-state index in [4.69, 9.17) is 16.3 Å². The van der Waals surface area contributed by atoms with Gasteiger partial charge in [-0.15, -0.1) is 0 Å². The Morgan fingerprint density at radius 1 is 1.07 bits per heavy atom. The molecule has 0 unspecified atom stereocenters. The molecule has 0 fully saturated rings. The first-order valence-corrected chi connectivity index (χ1v) is 10.3. The topological polar surface area (TPSA) is 43.3 Å². The largest absolute Gasteiger partial charge is 0.497 e. The summed E-state index contributed by atoms with van der Waals surface area (Å²) in [7, 11) is 1.65. The van der Waals surface area contributed by atoms with Crippen LogP contribution in [0.3, 0.4) is 0 Å². The molecule has 2 aromatic carbocycles. The Balaban J connectivity index is 2.02. The van der Waals surface area contributed by atoms with Crippen molar-refractivity contribution in [2.45, 2.75) is 33.1 Å². The molecule has 29 heavy (non-hydrogen) atoms. The predicted molar refractivity (Wildman–Crippen MR) is 119 cm³/mol. The van der Waals surface area contributed by atoms with Crippen LogP contribution in [0.2, 0.25) is 5.02 Å². The third kappa shape index (κ3) is 4.83. The second kappa shape index (κ2) is 9.66. The number of ether oxygens (including phenoxy) is 1. The van der Waals surface area contributed by atoms with Crippen LogP contribution in [0.5, 0.6) is 5.75 Å². The maximum atomic E-state index is 12.8. The van der Waals surface area contributed by atoms with E-state index < -0.39 is 0 Å². The van der Waals surface area contributed by atoms with E-state index in [9.17, 15) is 4.79 Å². The quantitative estimate of drug-likeness (QED) is 0.460. The Morgan fingerprint density at radius 2 is 1.76 bits per heavy atom. The van der Waals surface area contributed by atoms with Gasteiger partial charge in [-0.1, -0.05) is 43.5 Å². The number of unbranched alkanes of at least 4 members (excludes halogenated alkanes) is 2. The zero-order valence-corrected chi connectivity index (χ0v) is 17.9. The van der Waals surface area contributed by atoms with E-state index in [-0.39, 0.29) is 5.91 Å². The molecule has 3 rings (SSSR count). The highest BCUT2D eigenvalue weighted by atomic mass is 35.5. The molecule has 1 heterocycles. The highest BCUT2D eigenvalue weighted by Gasteiger charge is 2.19. The van der Waals surface area contributed by atoms with Crippen molar-refractivity contribution in [2.75, 3.05) is 13.7 Å². The molecular weight excluding hydrogens is 384 g/mol. The summed E-state index contributed by atoms with van der Waals surface area (Å²) in [6, 6.07) is 17.5. The number of carbonyl (C=O) groups excluding carboxylic acids is 1. The monoisotopic (exact) mass is 410 g/mol. The molecule has 1 amide bonds. The van der Waals surface area contributed by atoms with Crippen molar-refractivity contribution in [3.8, 4) is 22.7 Å². The van der Waals surface area contributed by atoms with Crippen molar-refractivity contribution in [1.82, 2.24) is 9.88 Å². The molecule has 0 saturated heterocycles. The molecule has 4 nitrogen and oxygen atoms in total. The molecule has 1 N–H and O–H groups in total. The van der Waals surface area contributed by atoms with Crippen LogP contribution in [0.4, 0.5) is 0 Å². The smallest absolute Gasteiger partial charge is 0.253 e. The highest BCUT2D eigenvalue weighted by Crippen LogP contribution is 2.31. The Bertz CT molecular complexity index is 960. The van der Waals surface area contributed by atoms with Crippen LogP contribution < -0.4 is 10.1 Å². The van der Waals surface area contributed by atoms with Crippen molar-refractivity contribution in [1.29, 1.82) is 0 Å². The third-order valence-electron chi connectivity index (χ3n) is 5.03. The maximum Gasteiger partial charge on any atom is 0.253 e. The van der Waals surface area contributed by atoms with E-state index in [0.29, 0.717) is 17.1 Å². The molecule has 0 atom stereocenters. The van der Waals surface area contributed by atoms with Crippen molar-refractivity contribution < 1.29 is 9.53 Å². The van der Waals surface area contributed by atoms with Gasteiger partial charge >= 0.3 is 0 Å². The number of amides is 1. The van der Waals surface area contributed by atoms with Gasteiger partial charge in [-0.05, 0) is 61.4 Å². The molecule has 0 bridgehead atoms. The average molecular weight is 411 g/mol. The van der Waals surface area contributed by atoms with Gasteiger partial charge in [0.1, 0.15) is 5.75 Å². The first kappa shape index (κ1) is 21.0. The number of benzene rings is 2. The fourth-order valence-corrected chi connectivity index (χ4v) is 3.53. The van der Waals surface area contributed by atoms with Gasteiger partial charge in [0.25, 0.3) is 5.91 Å². The number of hydrogen-bond donors (Lipinski definition) is 1. The number of nitrogens with zero attached hydrogens (tertiary/aromatic N) is 1. The number of aromatic nitrogens is 1. The molecule has 3 aromatic rings. The van der Waals surface area contributed by atoms with Gasteiger partial charge < -0.3 is 14.6 Å². The summed E-state index contributed by atoms with van der Waals surface area (Å²) >= 11 is 6.07. The van der Waals surface area contributed by atoms with Crippen molar-refractivity contribution in [3.05, 3.63) is 70.9 Å². The Morgan fingerprint density at radius 3 is 2.38 bits per heavy atom. The molecular formula is C24H27ClN2O2. The molecule has 152 valence electrons. The maximum absolute atomic E-state index is 12.8. The Labute approximate surface area is 177 Å². The third-order valence-corrected chi connectivity index (χ3v) is 5.28. The molecule has 0 saturated carbocycles. The van der Waals surface area contributed by atoms with Crippen LogP contribution in [0, 0.1) is 6.92 Å². The Kier molecular flexibility index (Phi) is 6.99. The average Bonchev–Trinajstić information content (AvgIpc) is 3.09. The standard InChI is InChI=1S/C24H27ClN2O2/c1-4-5-6-15-26-24(28)22-16-23(18-7-9-19(25)10-8-18)27(17(22)2)20-11-13-21(29-3)14-12-20/h7-14,16H,4-6,15H2,1-3H3,(H,26,28). The zero-order valence-electron chi connectivity index (χ0n) is 17.2. The van der Waals surface area contributed by atoms with Crippen LogP contribution in [0.15, 0.2) is 54.6 Å². The van der Waals surface area contributed by atoms with Gasteiger partial charge in [-0.2, -0.15) is 0 Å². The molecule has 0 radical (unpaired) electrons. The second-order valence-electron chi connectivity index (χ2n) is 7.03. The number of nitrogens with one attached hydrogen (secondary N) is 1. The molecule has 0 aliphatic heterocycles. The number of methoxy groups -OCH3 is 1. The van der Waals surface area contributed by atoms with E-state index >= 15 is 0 Å². The normalized spacial score (nSPS) is 10.8. The second-order valence-corrected chi connectivity index (χ2v) is 7.47. The van der Waals surface area contributed by atoms with Crippen LogP contribution in [0.1, 0.15) is 42.2 Å². The van der Waals surface area contributed by atoms with Gasteiger partial charge in [-0.25, -0.2) is 0 Å². The van der Waals surface area contributed by atoms with Gasteiger partial charge in [0, 0.05) is 22.9 Å². The lowest BCUT2D eigenvalue weighted by Gasteiger charge is -2.13. The van der Waals surface area contributed by atoms with E-state index in [1.54, 1.807) is 7.11 Å². The van der Waals surface area contributed by atoms with E-state index in [2.05, 4.69) is 16.8 Å². The lowest BCUT2D eigenvalue weighted by Crippen LogP contribution is -2.24. The number of carbonyl (C=O) groups is 1. The first-order valence-electron chi connectivity index (χ1n) is 9.96. The van der Waals surface area contributed by atoms with Gasteiger partial charge in [-0.3, -0.25) is 4.79 Å². The summed E-state index contributed by atoms with van der Waals surface area (Å²) in [6.45, 7) is 4.82. The zero-order chi connectivity index (χ0) is 20.8. The number of rotatable bonds is 8. The number of halogens is 1. The molecule has 5 heteroatoms. The van der Waals surface area contributed by atoms with Gasteiger partial charge in [0.05, 0.1) is 18.4 Å². The Hall–Kier alpha value is -2.72. The van der Waals surface area contributed by atoms with E-state index in [1.165, 1.54) is 0 Å². The number of hydrogen-bond acceptors (Lipinski definition) is 2. The minimum absolute atomic E-state index is 0.0407. The minimum Gasteiger partial charge on any atom is -0.497 e. The predicted octanol–water partition coefficient (Wildman–Crippen LogP) is 6.03. The van der Waals surface area contributed by atoms with Crippen LogP contribution in [-0.2, 0) is 0 Å². The SMILES string of the molecule is CCCCCNC(=O)c1cc(-c2ccc(Cl)cc2)n(-c2ccc(OC)cc2)c1C. The summed E-state index contributed by atoms with van der Waals surface area (Å²) in [6.07, 6.45) is 3.23.